The van der Waals surface area contributed by atoms with Crippen molar-refractivity contribution in [1.29, 1.82) is 0 Å². The molecule has 1 aliphatic rings. The van der Waals surface area contributed by atoms with Crippen molar-refractivity contribution in [2.24, 2.45) is 0 Å². The smallest absolute Gasteiger partial charge is 0.0111 e. The molecule has 86 valence electrons. The lowest BCUT2D eigenvalue weighted by molar-refractivity contribution is 0.455. The van der Waals surface area contributed by atoms with Crippen molar-refractivity contribution in [1.82, 2.24) is 5.32 Å². The summed E-state index contributed by atoms with van der Waals surface area (Å²) in [6.07, 6.45) is 8.04. The summed E-state index contributed by atoms with van der Waals surface area (Å²) in [6, 6.07) is 9.52. The highest BCUT2D eigenvalue weighted by Crippen LogP contribution is 2.20. The van der Waals surface area contributed by atoms with E-state index in [1.165, 1.54) is 31.2 Å². The maximum absolute atomic E-state index is 3.75. The zero-order chi connectivity index (χ0) is 11.2. The fourth-order valence-corrected chi connectivity index (χ4v) is 2.42. The summed E-state index contributed by atoms with van der Waals surface area (Å²) < 4.78 is 0. The molecule has 2 rings (SSSR count). The molecule has 1 heteroatoms. The van der Waals surface area contributed by atoms with Crippen LogP contribution in [-0.4, -0.2) is 12.6 Å². The monoisotopic (exact) mass is 215 g/mol. The minimum Gasteiger partial charge on any atom is -0.314 e. The summed E-state index contributed by atoms with van der Waals surface area (Å²) in [6.45, 7) is 4.87. The number of allylic oxidation sites excluding steroid dienone is 1. The van der Waals surface area contributed by atoms with Gasteiger partial charge in [-0.1, -0.05) is 30.3 Å². The van der Waals surface area contributed by atoms with Crippen molar-refractivity contribution >= 4 is 0 Å². The van der Waals surface area contributed by atoms with E-state index in [9.17, 15) is 0 Å². The van der Waals surface area contributed by atoms with Crippen LogP contribution in [0.3, 0.4) is 0 Å². The van der Waals surface area contributed by atoms with Crippen LogP contribution >= 0.6 is 0 Å². The predicted molar refractivity (Wildman–Crippen MR) is 69.7 cm³/mol. The Hall–Kier alpha value is -1.08. The molecule has 0 amide bonds. The highest BCUT2D eigenvalue weighted by molar-refractivity contribution is 5.30. The number of hydrogen-bond donors (Lipinski definition) is 1. The third-order valence-electron chi connectivity index (χ3n) is 3.36. The molecule has 16 heavy (non-hydrogen) atoms. The lowest BCUT2D eigenvalue weighted by Gasteiger charge is -2.25. The van der Waals surface area contributed by atoms with Crippen molar-refractivity contribution in [2.75, 3.05) is 6.54 Å². The van der Waals surface area contributed by atoms with E-state index >= 15 is 0 Å². The molecule has 1 aromatic rings. The second-order valence-electron chi connectivity index (χ2n) is 4.59. The molecular weight excluding hydrogens is 194 g/mol. The van der Waals surface area contributed by atoms with E-state index in [0.29, 0.717) is 6.04 Å². The number of unbranched alkanes of at least 4 members (excludes halogenated alkanes) is 1. The quantitative estimate of drug-likeness (QED) is 0.588. The van der Waals surface area contributed by atoms with Gasteiger partial charge < -0.3 is 5.32 Å². The Labute approximate surface area is 98.6 Å². The zero-order valence-corrected chi connectivity index (χ0v) is 9.91. The van der Waals surface area contributed by atoms with Crippen LogP contribution < -0.4 is 5.32 Å². The molecule has 0 aliphatic heterocycles. The second kappa shape index (κ2) is 5.86. The van der Waals surface area contributed by atoms with E-state index in [4.69, 9.17) is 0 Å². The van der Waals surface area contributed by atoms with Crippen LogP contribution in [0.4, 0.5) is 0 Å². The summed E-state index contributed by atoms with van der Waals surface area (Å²) in [5, 5.41) is 3.65. The van der Waals surface area contributed by atoms with Crippen LogP contribution in [0.2, 0.25) is 0 Å². The summed E-state index contributed by atoms with van der Waals surface area (Å²) in [4.78, 5) is 0. The van der Waals surface area contributed by atoms with Crippen LogP contribution in [0.5, 0.6) is 0 Å². The van der Waals surface area contributed by atoms with Crippen molar-refractivity contribution in [2.45, 2.75) is 38.1 Å². The molecule has 0 saturated heterocycles. The predicted octanol–water partition coefficient (Wildman–Crippen LogP) is 3.10. The van der Waals surface area contributed by atoms with E-state index in [1.54, 1.807) is 5.56 Å². The topological polar surface area (TPSA) is 12.0 Å². The maximum Gasteiger partial charge on any atom is 0.0111 e. The fourth-order valence-electron chi connectivity index (χ4n) is 2.42. The molecule has 0 fully saturated rings. The minimum atomic E-state index is 0.680. The van der Waals surface area contributed by atoms with E-state index in [2.05, 4.69) is 36.2 Å². The van der Waals surface area contributed by atoms with Gasteiger partial charge in [0.15, 0.2) is 0 Å². The summed E-state index contributed by atoms with van der Waals surface area (Å²) in [5.41, 5.74) is 3.08. The largest absolute Gasteiger partial charge is 0.314 e. The van der Waals surface area contributed by atoms with Gasteiger partial charge in [0.2, 0.25) is 0 Å². The number of fused-ring (bicyclic) bond motifs is 1. The average molecular weight is 215 g/mol. The normalized spacial score (nSPS) is 19.1. The van der Waals surface area contributed by atoms with Gasteiger partial charge in [0.05, 0.1) is 0 Å². The number of benzene rings is 1. The summed E-state index contributed by atoms with van der Waals surface area (Å²) in [7, 11) is 0. The molecule has 1 aromatic carbocycles. The fraction of sp³-hybridized carbons (Fsp3) is 0.467. The summed E-state index contributed by atoms with van der Waals surface area (Å²) in [5.74, 6) is 0. The molecule has 1 nitrogen and oxygen atoms in total. The Morgan fingerprint density at radius 1 is 1.31 bits per heavy atom. The van der Waals surface area contributed by atoms with Crippen LogP contribution in [0.25, 0.3) is 0 Å². The van der Waals surface area contributed by atoms with Crippen molar-refractivity contribution in [3.05, 3.63) is 48.0 Å². The van der Waals surface area contributed by atoms with Gasteiger partial charge in [0, 0.05) is 6.04 Å². The first kappa shape index (κ1) is 11.4. The molecule has 1 N–H and O–H groups in total. The molecule has 0 saturated carbocycles. The highest BCUT2D eigenvalue weighted by atomic mass is 14.9. The maximum atomic E-state index is 3.75. The van der Waals surface area contributed by atoms with Crippen molar-refractivity contribution < 1.29 is 0 Å². The molecule has 1 atom stereocenters. The van der Waals surface area contributed by atoms with Gasteiger partial charge in [-0.3, -0.25) is 0 Å². The molecule has 0 aromatic heterocycles. The van der Waals surface area contributed by atoms with E-state index in [-0.39, 0.29) is 0 Å². The zero-order valence-electron chi connectivity index (χ0n) is 9.91. The molecule has 1 unspecified atom stereocenters. The van der Waals surface area contributed by atoms with E-state index < -0.39 is 0 Å². The van der Waals surface area contributed by atoms with Gasteiger partial charge in [-0.25, -0.2) is 0 Å². The lowest BCUT2D eigenvalue weighted by Crippen LogP contribution is -2.35. The molecular formula is C15H21N. The lowest BCUT2D eigenvalue weighted by atomic mass is 9.88. The third kappa shape index (κ3) is 2.96. The van der Waals surface area contributed by atoms with Gasteiger partial charge in [-0.15, -0.1) is 6.58 Å². The van der Waals surface area contributed by atoms with E-state index in [1.807, 2.05) is 6.08 Å². The van der Waals surface area contributed by atoms with Gasteiger partial charge in [0.25, 0.3) is 0 Å². The van der Waals surface area contributed by atoms with Crippen molar-refractivity contribution in [3.63, 3.8) is 0 Å². The SMILES string of the molecule is C=CCCCNC1CCc2ccccc2C1. The second-order valence-corrected chi connectivity index (χ2v) is 4.59. The molecule has 1 aliphatic carbocycles. The van der Waals surface area contributed by atoms with Crippen LogP contribution in [0, 0.1) is 0 Å². The minimum absolute atomic E-state index is 0.680. The third-order valence-corrected chi connectivity index (χ3v) is 3.36. The Balaban J connectivity index is 1.81. The molecule has 0 heterocycles. The van der Waals surface area contributed by atoms with Crippen molar-refractivity contribution in [3.8, 4) is 0 Å². The molecule has 0 bridgehead atoms. The average Bonchev–Trinajstić information content (AvgIpc) is 2.34. The highest BCUT2D eigenvalue weighted by Gasteiger charge is 2.16. The summed E-state index contributed by atoms with van der Waals surface area (Å²) >= 11 is 0. The first-order chi connectivity index (χ1) is 7.90. The Morgan fingerprint density at radius 3 is 2.94 bits per heavy atom. The number of rotatable bonds is 5. The Kier molecular flexibility index (Phi) is 4.17. The Morgan fingerprint density at radius 2 is 2.12 bits per heavy atom. The van der Waals surface area contributed by atoms with Gasteiger partial charge in [0.1, 0.15) is 0 Å². The Bertz CT molecular complexity index is 343. The van der Waals surface area contributed by atoms with Gasteiger partial charge in [-0.05, 0) is 49.8 Å². The van der Waals surface area contributed by atoms with Gasteiger partial charge >= 0.3 is 0 Å². The molecule has 0 radical (unpaired) electrons. The first-order valence-electron chi connectivity index (χ1n) is 6.31. The standard InChI is InChI=1S/C15H21N/c1-2-3-6-11-16-15-10-9-13-7-4-5-8-14(13)12-15/h2,4-5,7-8,15-16H,1,3,6,9-12H2. The number of aryl methyl sites for hydroxylation is 1. The number of hydrogen-bond acceptors (Lipinski definition) is 1. The van der Waals surface area contributed by atoms with Gasteiger partial charge in [-0.2, -0.15) is 0 Å². The van der Waals surface area contributed by atoms with Crippen LogP contribution in [-0.2, 0) is 12.8 Å². The number of nitrogens with one attached hydrogen (secondary N) is 1. The molecule has 0 spiro atoms. The van der Waals surface area contributed by atoms with E-state index in [0.717, 1.165) is 13.0 Å². The van der Waals surface area contributed by atoms with Crippen LogP contribution in [0.1, 0.15) is 30.4 Å². The van der Waals surface area contributed by atoms with Crippen LogP contribution in [0.15, 0.2) is 36.9 Å². The first-order valence-corrected chi connectivity index (χ1v) is 6.31.